The zero-order chi connectivity index (χ0) is 20.4. The lowest BCUT2D eigenvalue weighted by Gasteiger charge is -2.14. The quantitative estimate of drug-likeness (QED) is 0.391. The SMILES string of the molecule is [C-]#[N+]c1cc(C)c2nc(-c3c(NC[C@@H](O)c4ccccc4)cc[nH]c3=O)[nH]c2c1. The highest BCUT2D eigenvalue weighted by Crippen LogP contribution is 2.29. The molecule has 0 aliphatic carbocycles. The van der Waals surface area contributed by atoms with E-state index in [2.05, 4.69) is 25.1 Å². The van der Waals surface area contributed by atoms with Gasteiger partial charge in [-0.15, -0.1) is 0 Å². The summed E-state index contributed by atoms with van der Waals surface area (Å²) in [6.45, 7) is 9.34. The Kier molecular flexibility index (Phi) is 4.85. The van der Waals surface area contributed by atoms with E-state index >= 15 is 0 Å². The smallest absolute Gasteiger partial charge is 0.261 e. The summed E-state index contributed by atoms with van der Waals surface area (Å²) in [6.07, 6.45) is 0.830. The molecule has 4 aromatic rings. The molecule has 0 fully saturated rings. The van der Waals surface area contributed by atoms with E-state index in [1.807, 2.05) is 37.3 Å². The largest absolute Gasteiger partial charge is 0.387 e. The van der Waals surface area contributed by atoms with Gasteiger partial charge in [-0.2, -0.15) is 0 Å². The van der Waals surface area contributed by atoms with Gasteiger partial charge in [0.1, 0.15) is 11.4 Å². The number of aromatic nitrogens is 3. The molecule has 0 aliphatic rings. The fraction of sp³-hybridized carbons (Fsp3) is 0.136. The first-order valence-electron chi connectivity index (χ1n) is 9.13. The number of hydrogen-bond acceptors (Lipinski definition) is 4. The molecule has 2 heterocycles. The van der Waals surface area contributed by atoms with Gasteiger partial charge in [-0.05, 0) is 30.2 Å². The molecule has 2 aromatic heterocycles. The lowest BCUT2D eigenvalue weighted by molar-refractivity contribution is 0.191. The van der Waals surface area contributed by atoms with Crippen LogP contribution in [0.1, 0.15) is 17.2 Å². The van der Waals surface area contributed by atoms with Crippen molar-refractivity contribution in [2.45, 2.75) is 13.0 Å². The number of aryl methyl sites for hydroxylation is 1. The van der Waals surface area contributed by atoms with E-state index in [0.717, 1.165) is 11.1 Å². The summed E-state index contributed by atoms with van der Waals surface area (Å²) in [7, 11) is 0. The predicted octanol–water partition coefficient (Wildman–Crippen LogP) is 3.92. The summed E-state index contributed by atoms with van der Waals surface area (Å²) in [6, 6.07) is 14.5. The van der Waals surface area contributed by atoms with E-state index in [-0.39, 0.29) is 12.1 Å². The molecule has 0 radical (unpaired) electrons. The number of aliphatic hydroxyl groups is 1. The van der Waals surface area contributed by atoms with Crippen LogP contribution in [0, 0.1) is 13.5 Å². The molecule has 0 saturated heterocycles. The van der Waals surface area contributed by atoms with E-state index in [4.69, 9.17) is 6.57 Å². The van der Waals surface area contributed by atoms with Gasteiger partial charge in [0.25, 0.3) is 5.56 Å². The number of nitrogens with one attached hydrogen (secondary N) is 3. The topological polar surface area (TPSA) is 98.2 Å². The van der Waals surface area contributed by atoms with Crippen molar-refractivity contribution < 1.29 is 5.11 Å². The molecule has 0 aliphatic heterocycles. The van der Waals surface area contributed by atoms with Crippen LogP contribution in [-0.2, 0) is 0 Å². The Hall–Kier alpha value is -3.89. The lowest BCUT2D eigenvalue weighted by Crippen LogP contribution is -2.17. The first-order chi connectivity index (χ1) is 14.1. The van der Waals surface area contributed by atoms with Crippen molar-refractivity contribution in [2.24, 2.45) is 0 Å². The zero-order valence-corrected chi connectivity index (χ0v) is 15.7. The van der Waals surface area contributed by atoms with E-state index < -0.39 is 6.10 Å². The summed E-state index contributed by atoms with van der Waals surface area (Å²) in [5.41, 5.74) is 4.19. The fourth-order valence-corrected chi connectivity index (χ4v) is 3.32. The van der Waals surface area contributed by atoms with Crippen LogP contribution in [0.2, 0.25) is 0 Å². The second-order valence-electron chi connectivity index (χ2n) is 6.76. The Morgan fingerprint density at radius 2 is 2.03 bits per heavy atom. The van der Waals surface area contributed by atoms with Crippen molar-refractivity contribution in [2.75, 3.05) is 11.9 Å². The molecule has 4 N–H and O–H groups in total. The third-order valence-corrected chi connectivity index (χ3v) is 4.76. The number of aliphatic hydroxyl groups excluding tert-OH is 1. The van der Waals surface area contributed by atoms with Gasteiger partial charge in [0.2, 0.25) is 0 Å². The van der Waals surface area contributed by atoms with Crippen molar-refractivity contribution in [1.82, 2.24) is 15.0 Å². The Morgan fingerprint density at radius 3 is 2.79 bits per heavy atom. The van der Waals surface area contributed by atoms with Gasteiger partial charge in [-0.1, -0.05) is 36.4 Å². The highest BCUT2D eigenvalue weighted by atomic mass is 16.3. The lowest BCUT2D eigenvalue weighted by atomic mass is 10.1. The fourth-order valence-electron chi connectivity index (χ4n) is 3.32. The third kappa shape index (κ3) is 3.61. The van der Waals surface area contributed by atoms with Gasteiger partial charge in [0, 0.05) is 12.7 Å². The number of benzene rings is 2. The van der Waals surface area contributed by atoms with Gasteiger partial charge in [-0.3, -0.25) is 4.79 Å². The Morgan fingerprint density at radius 1 is 1.24 bits per heavy atom. The molecule has 0 saturated carbocycles. The van der Waals surface area contributed by atoms with Gasteiger partial charge < -0.3 is 20.4 Å². The molecule has 0 spiro atoms. The first kappa shape index (κ1) is 18.5. The monoisotopic (exact) mass is 385 g/mol. The Balaban J connectivity index is 1.70. The number of aromatic amines is 2. The van der Waals surface area contributed by atoms with Crippen LogP contribution in [0.5, 0.6) is 0 Å². The second kappa shape index (κ2) is 7.62. The standard InChI is InChI=1S/C22H19N5O2/c1-13-10-15(23-2)11-17-20(13)27-21(26-17)19-16(8-9-24-22(19)29)25-12-18(28)14-6-4-3-5-7-14/h3-11,18,28H,12H2,1H3,(H,26,27)(H2,24,25,29)/t18-/m1/s1. The summed E-state index contributed by atoms with van der Waals surface area (Å²) in [5.74, 6) is 0.406. The maximum absolute atomic E-state index is 12.6. The maximum Gasteiger partial charge on any atom is 0.261 e. The van der Waals surface area contributed by atoms with Crippen LogP contribution in [0.3, 0.4) is 0 Å². The molecule has 0 bridgehead atoms. The molecule has 0 amide bonds. The molecule has 144 valence electrons. The average Bonchev–Trinajstić information content (AvgIpc) is 3.16. The number of nitrogens with zero attached hydrogens (tertiary/aromatic N) is 2. The zero-order valence-electron chi connectivity index (χ0n) is 15.7. The van der Waals surface area contributed by atoms with Gasteiger partial charge in [0.05, 0.1) is 29.4 Å². The number of hydrogen-bond donors (Lipinski definition) is 4. The molecule has 4 rings (SSSR count). The van der Waals surface area contributed by atoms with E-state index in [1.54, 1.807) is 24.4 Å². The Bertz CT molecular complexity index is 1270. The molecule has 1 atom stereocenters. The average molecular weight is 385 g/mol. The number of rotatable bonds is 5. The minimum Gasteiger partial charge on any atom is -0.387 e. The van der Waals surface area contributed by atoms with Crippen molar-refractivity contribution >= 4 is 22.4 Å². The number of fused-ring (bicyclic) bond motifs is 1. The third-order valence-electron chi connectivity index (χ3n) is 4.76. The Labute approximate surface area is 166 Å². The van der Waals surface area contributed by atoms with Gasteiger partial charge in [-0.25, -0.2) is 9.83 Å². The second-order valence-corrected chi connectivity index (χ2v) is 6.76. The molecule has 7 nitrogen and oxygen atoms in total. The van der Waals surface area contributed by atoms with Crippen LogP contribution < -0.4 is 10.9 Å². The summed E-state index contributed by atoms with van der Waals surface area (Å²) >= 11 is 0. The highest BCUT2D eigenvalue weighted by Gasteiger charge is 2.16. The predicted molar refractivity (Wildman–Crippen MR) is 113 cm³/mol. The maximum atomic E-state index is 12.6. The first-order valence-corrected chi connectivity index (χ1v) is 9.13. The van der Waals surface area contributed by atoms with Crippen molar-refractivity contribution in [1.29, 1.82) is 0 Å². The van der Waals surface area contributed by atoms with Gasteiger partial charge in [0.15, 0.2) is 5.69 Å². The van der Waals surface area contributed by atoms with Crippen molar-refractivity contribution in [3.05, 3.63) is 87.6 Å². The van der Waals surface area contributed by atoms with E-state index in [9.17, 15) is 9.90 Å². The van der Waals surface area contributed by atoms with Crippen LogP contribution >= 0.6 is 0 Å². The van der Waals surface area contributed by atoms with Crippen LogP contribution in [0.4, 0.5) is 11.4 Å². The number of pyridine rings is 1. The molecular weight excluding hydrogens is 366 g/mol. The van der Waals surface area contributed by atoms with E-state index in [1.165, 1.54) is 0 Å². The van der Waals surface area contributed by atoms with Crippen LogP contribution in [-0.4, -0.2) is 26.6 Å². The molecule has 7 heteroatoms. The molecule has 2 aromatic carbocycles. The minimum atomic E-state index is -0.720. The number of anilines is 1. The van der Waals surface area contributed by atoms with Crippen molar-refractivity contribution in [3.8, 4) is 11.4 Å². The van der Waals surface area contributed by atoms with Crippen LogP contribution in [0.15, 0.2) is 59.5 Å². The van der Waals surface area contributed by atoms with E-state index in [0.29, 0.717) is 33.8 Å². The van der Waals surface area contributed by atoms with Crippen LogP contribution in [0.25, 0.3) is 27.3 Å². The summed E-state index contributed by atoms with van der Waals surface area (Å²) in [5, 5.41) is 13.6. The molecule has 29 heavy (non-hydrogen) atoms. The number of H-pyrrole nitrogens is 2. The number of imidazole rings is 1. The summed E-state index contributed by atoms with van der Waals surface area (Å²) < 4.78 is 0. The minimum absolute atomic E-state index is 0.238. The molecule has 0 unspecified atom stereocenters. The summed E-state index contributed by atoms with van der Waals surface area (Å²) in [4.78, 5) is 26.5. The normalized spacial score (nSPS) is 11.9. The highest BCUT2D eigenvalue weighted by molar-refractivity contribution is 5.87. The van der Waals surface area contributed by atoms with Gasteiger partial charge >= 0.3 is 0 Å². The van der Waals surface area contributed by atoms with Crippen molar-refractivity contribution in [3.63, 3.8) is 0 Å². The molecular formula is C22H19N5O2.